The van der Waals surface area contributed by atoms with Gasteiger partial charge in [0.25, 0.3) is 10.0 Å². The predicted molar refractivity (Wildman–Crippen MR) is 82.7 cm³/mol. The Labute approximate surface area is 125 Å². The van der Waals surface area contributed by atoms with E-state index in [-0.39, 0.29) is 4.90 Å². The van der Waals surface area contributed by atoms with Crippen molar-refractivity contribution in [2.45, 2.75) is 18.7 Å². The van der Waals surface area contributed by atoms with E-state index in [1.165, 1.54) is 7.05 Å². The minimum absolute atomic E-state index is 0.223. The quantitative estimate of drug-likeness (QED) is 0.875. The van der Waals surface area contributed by atoms with Gasteiger partial charge in [-0.15, -0.1) is 0 Å². The van der Waals surface area contributed by atoms with E-state index in [9.17, 15) is 8.42 Å². The molecule has 0 N–H and O–H groups in total. The van der Waals surface area contributed by atoms with Crippen LogP contribution < -0.4 is 4.31 Å². The average Bonchev–Trinajstić information content (AvgIpc) is 2.49. The summed E-state index contributed by atoms with van der Waals surface area (Å²) in [6.45, 7) is 3.80. The lowest BCUT2D eigenvalue weighted by atomic mass is 10.1. The van der Waals surface area contributed by atoms with Crippen molar-refractivity contribution in [2.75, 3.05) is 11.4 Å². The first kappa shape index (κ1) is 15.1. The Balaban J connectivity index is 2.53. The third-order valence-electron chi connectivity index (χ3n) is 3.50. The molecule has 5 heteroatoms. The van der Waals surface area contributed by atoms with Gasteiger partial charge in [0.15, 0.2) is 0 Å². The zero-order valence-electron chi connectivity index (χ0n) is 12.2. The van der Waals surface area contributed by atoms with Gasteiger partial charge in [-0.2, -0.15) is 5.26 Å². The molecule has 0 aliphatic heterocycles. The second-order valence-corrected chi connectivity index (χ2v) is 6.82. The lowest BCUT2D eigenvalue weighted by Crippen LogP contribution is -2.27. The van der Waals surface area contributed by atoms with E-state index >= 15 is 0 Å². The summed E-state index contributed by atoms with van der Waals surface area (Å²) in [6, 6.07) is 13.7. The number of anilines is 1. The van der Waals surface area contributed by atoms with Gasteiger partial charge in [-0.25, -0.2) is 8.42 Å². The van der Waals surface area contributed by atoms with Crippen LogP contribution in [0.2, 0.25) is 0 Å². The summed E-state index contributed by atoms with van der Waals surface area (Å²) in [5.41, 5.74) is 2.65. The molecule has 0 aliphatic carbocycles. The lowest BCUT2D eigenvalue weighted by molar-refractivity contribution is 0.594. The Morgan fingerprint density at radius 1 is 1.05 bits per heavy atom. The number of hydrogen-bond donors (Lipinski definition) is 0. The molecule has 2 rings (SSSR count). The Bertz CT molecular complexity index is 820. The van der Waals surface area contributed by atoms with Crippen molar-refractivity contribution in [2.24, 2.45) is 0 Å². The summed E-state index contributed by atoms with van der Waals surface area (Å²) < 4.78 is 26.5. The number of nitrogens with zero attached hydrogens (tertiary/aromatic N) is 2. The molecular weight excluding hydrogens is 284 g/mol. The summed E-state index contributed by atoms with van der Waals surface area (Å²) in [7, 11) is -2.22. The zero-order valence-corrected chi connectivity index (χ0v) is 13.0. The van der Waals surface area contributed by atoms with Crippen molar-refractivity contribution in [3.8, 4) is 6.07 Å². The monoisotopic (exact) mass is 300 g/mol. The van der Waals surface area contributed by atoms with Gasteiger partial charge in [-0.05, 0) is 49.2 Å². The van der Waals surface area contributed by atoms with E-state index in [4.69, 9.17) is 5.26 Å². The van der Waals surface area contributed by atoms with Crippen LogP contribution in [0.25, 0.3) is 0 Å². The SMILES string of the molecule is Cc1ccc(S(=O)(=O)N(C)c2ccccc2C#N)cc1C. The summed E-state index contributed by atoms with van der Waals surface area (Å²) in [5, 5.41) is 9.11. The van der Waals surface area contributed by atoms with Crippen LogP contribution in [0.4, 0.5) is 5.69 Å². The fourth-order valence-corrected chi connectivity index (χ4v) is 3.30. The summed E-state index contributed by atoms with van der Waals surface area (Å²) >= 11 is 0. The van der Waals surface area contributed by atoms with Gasteiger partial charge in [-0.1, -0.05) is 18.2 Å². The standard InChI is InChI=1S/C16H16N2O2S/c1-12-8-9-15(10-13(12)2)21(19,20)18(3)16-7-5-4-6-14(16)11-17/h4-10H,1-3H3. The molecule has 0 saturated heterocycles. The van der Waals surface area contributed by atoms with Crippen molar-refractivity contribution >= 4 is 15.7 Å². The van der Waals surface area contributed by atoms with E-state index in [2.05, 4.69) is 0 Å². The highest BCUT2D eigenvalue weighted by Crippen LogP contribution is 2.26. The van der Waals surface area contributed by atoms with E-state index in [0.717, 1.165) is 15.4 Å². The Morgan fingerprint density at radius 3 is 2.33 bits per heavy atom. The molecule has 0 aliphatic rings. The van der Waals surface area contributed by atoms with Crippen molar-refractivity contribution in [3.05, 3.63) is 59.2 Å². The van der Waals surface area contributed by atoms with Gasteiger partial charge in [0, 0.05) is 7.05 Å². The molecule has 0 aromatic heterocycles. The number of hydrogen-bond acceptors (Lipinski definition) is 3. The molecule has 0 amide bonds. The molecule has 21 heavy (non-hydrogen) atoms. The Kier molecular flexibility index (Phi) is 4.01. The minimum atomic E-state index is -3.68. The number of para-hydroxylation sites is 1. The molecule has 0 atom stereocenters. The molecule has 2 aromatic rings. The molecule has 0 radical (unpaired) electrons. The third kappa shape index (κ3) is 2.76. The number of rotatable bonds is 3. The minimum Gasteiger partial charge on any atom is -0.268 e. The Morgan fingerprint density at radius 2 is 1.71 bits per heavy atom. The van der Waals surface area contributed by atoms with Crippen LogP contribution in [0.3, 0.4) is 0 Å². The summed E-state index contributed by atoms with van der Waals surface area (Å²) in [6.07, 6.45) is 0. The van der Waals surface area contributed by atoms with Gasteiger partial charge < -0.3 is 0 Å². The van der Waals surface area contributed by atoms with Crippen LogP contribution in [0.15, 0.2) is 47.4 Å². The zero-order chi connectivity index (χ0) is 15.6. The lowest BCUT2D eigenvalue weighted by Gasteiger charge is -2.21. The van der Waals surface area contributed by atoms with Crippen molar-refractivity contribution in [1.82, 2.24) is 0 Å². The first-order chi connectivity index (χ1) is 9.87. The fourth-order valence-electron chi connectivity index (χ4n) is 2.00. The number of aryl methyl sites for hydroxylation is 2. The topological polar surface area (TPSA) is 61.2 Å². The average molecular weight is 300 g/mol. The molecule has 0 heterocycles. The van der Waals surface area contributed by atoms with Gasteiger partial charge in [-0.3, -0.25) is 4.31 Å². The number of benzene rings is 2. The highest BCUT2D eigenvalue weighted by Gasteiger charge is 2.23. The predicted octanol–water partition coefficient (Wildman–Crippen LogP) is 3.00. The molecule has 0 spiro atoms. The van der Waals surface area contributed by atoms with Crippen LogP contribution in [0.5, 0.6) is 0 Å². The van der Waals surface area contributed by atoms with Gasteiger partial charge in [0.05, 0.1) is 16.1 Å². The van der Waals surface area contributed by atoms with E-state index in [1.54, 1.807) is 42.5 Å². The second-order valence-electron chi connectivity index (χ2n) is 4.85. The molecule has 0 fully saturated rings. The smallest absolute Gasteiger partial charge is 0.264 e. The van der Waals surface area contributed by atoms with Crippen molar-refractivity contribution in [1.29, 1.82) is 5.26 Å². The largest absolute Gasteiger partial charge is 0.268 e. The van der Waals surface area contributed by atoms with Crippen LogP contribution in [-0.2, 0) is 10.0 Å². The van der Waals surface area contributed by atoms with Crippen molar-refractivity contribution < 1.29 is 8.42 Å². The summed E-state index contributed by atoms with van der Waals surface area (Å²) in [4.78, 5) is 0.223. The molecule has 4 nitrogen and oxygen atoms in total. The van der Waals surface area contributed by atoms with Crippen LogP contribution in [0.1, 0.15) is 16.7 Å². The molecule has 108 valence electrons. The number of sulfonamides is 1. The normalized spacial score (nSPS) is 11.0. The molecule has 2 aromatic carbocycles. The molecule has 0 bridgehead atoms. The summed E-state index contributed by atoms with van der Waals surface area (Å²) in [5.74, 6) is 0. The maximum absolute atomic E-state index is 12.7. The Hall–Kier alpha value is -2.32. The van der Waals surface area contributed by atoms with Crippen molar-refractivity contribution in [3.63, 3.8) is 0 Å². The van der Waals surface area contributed by atoms with E-state index in [0.29, 0.717) is 11.3 Å². The van der Waals surface area contributed by atoms with Crippen LogP contribution in [-0.4, -0.2) is 15.5 Å². The second kappa shape index (κ2) is 5.58. The fraction of sp³-hybridized carbons (Fsp3) is 0.188. The van der Waals surface area contributed by atoms with E-state index < -0.39 is 10.0 Å². The number of nitriles is 1. The molecule has 0 unspecified atom stereocenters. The van der Waals surface area contributed by atoms with Gasteiger partial charge >= 0.3 is 0 Å². The first-order valence-electron chi connectivity index (χ1n) is 6.43. The third-order valence-corrected chi connectivity index (χ3v) is 5.27. The van der Waals surface area contributed by atoms with Crippen LogP contribution >= 0.6 is 0 Å². The van der Waals surface area contributed by atoms with Gasteiger partial charge in [0.2, 0.25) is 0 Å². The van der Waals surface area contributed by atoms with Gasteiger partial charge in [0.1, 0.15) is 6.07 Å². The highest BCUT2D eigenvalue weighted by atomic mass is 32.2. The molecule has 0 saturated carbocycles. The highest BCUT2D eigenvalue weighted by molar-refractivity contribution is 7.92. The van der Waals surface area contributed by atoms with E-state index in [1.807, 2.05) is 19.9 Å². The molecular formula is C16H16N2O2S. The first-order valence-corrected chi connectivity index (χ1v) is 7.87. The van der Waals surface area contributed by atoms with Crippen LogP contribution in [0, 0.1) is 25.2 Å². The maximum atomic E-state index is 12.7. The maximum Gasteiger partial charge on any atom is 0.264 e.